The quantitative estimate of drug-likeness (QED) is 0.747. The first kappa shape index (κ1) is 10.2. The first-order chi connectivity index (χ1) is 6.59. The van der Waals surface area contributed by atoms with Gasteiger partial charge in [0.05, 0.1) is 5.57 Å². The lowest BCUT2D eigenvalue weighted by Crippen LogP contribution is -2.08. The minimum absolute atomic E-state index is 0.0748. The van der Waals surface area contributed by atoms with Crippen molar-refractivity contribution in [3.05, 3.63) is 42.2 Å². The van der Waals surface area contributed by atoms with E-state index < -0.39 is 11.8 Å². The zero-order valence-corrected chi connectivity index (χ0v) is 7.37. The summed E-state index contributed by atoms with van der Waals surface area (Å²) in [6.45, 7) is 3.12. The molecule has 3 nitrogen and oxygen atoms in total. The van der Waals surface area contributed by atoms with Gasteiger partial charge < -0.3 is 9.84 Å². The molecule has 74 valence electrons. The Morgan fingerprint density at radius 1 is 1.57 bits per heavy atom. The minimum atomic E-state index is -1.12. The molecule has 0 saturated heterocycles. The number of aliphatic carboxylic acids is 1. The topological polar surface area (TPSA) is 46.5 Å². The van der Waals surface area contributed by atoms with Crippen molar-refractivity contribution in [3.8, 4) is 5.75 Å². The fourth-order valence-electron chi connectivity index (χ4n) is 0.789. The van der Waals surface area contributed by atoms with E-state index in [2.05, 4.69) is 6.58 Å². The molecule has 0 saturated carbocycles. The van der Waals surface area contributed by atoms with Crippen LogP contribution in [0.4, 0.5) is 4.39 Å². The van der Waals surface area contributed by atoms with Crippen molar-refractivity contribution in [2.45, 2.75) is 0 Å². The van der Waals surface area contributed by atoms with E-state index >= 15 is 0 Å². The molecule has 0 unspecified atom stereocenters. The Kier molecular flexibility index (Phi) is 3.23. The van der Waals surface area contributed by atoms with Gasteiger partial charge in [0.2, 0.25) is 0 Å². The maximum Gasteiger partial charge on any atom is 0.334 e. The van der Waals surface area contributed by atoms with Crippen molar-refractivity contribution in [1.29, 1.82) is 0 Å². The zero-order chi connectivity index (χ0) is 10.6. The summed E-state index contributed by atoms with van der Waals surface area (Å²) in [7, 11) is 0. The summed E-state index contributed by atoms with van der Waals surface area (Å²) < 4.78 is 17.6. The maximum atomic E-state index is 12.6. The van der Waals surface area contributed by atoms with Crippen LogP contribution in [0.2, 0.25) is 0 Å². The molecule has 0 aliphatic carbocycles. The number of carboxylic acids is 1. The summed E-state index contributed by atoms with van der Waals surface area (Å²) in [5.74, 6) is -1.27. The first-order valence-corrected chi connectivity index (χ1v) is 3.89. The van der Waals surface area contributed by atoms with Gasteiger partial charge in [-0.05, 0) is 12.1 Å². The van der Waals surface area contributed by atoms with E-state index in [4.69, 9.17) is 9.84 Å². The van der Waals surface area contributed by atoms with Gasteiger partial charge >= 0.3 is 5.97 Å². The van der Waals surface area contributed by atoms with Crippen LogP contribution >= 0.6 is 0 Å². The number of hydrogen-bond donors (Lipinski definition) is 1. The van der Waals surface area contributed by atoms with Crippen LogP contribution in [-0.2, 0) is 4.79 Å². The SMILES string of the molecule is C=C(COc1cccc(F)c1)C(=O)O. The third-order valence-corrected chi connectivity index (χ3v) is 1.51. The molecule has 0 amide bonds. The molecular formula is C10H9FO3. The highest BCUT2D eigenvalue weighted by Crippen LogP contribution is 2.12. The van der Waals surface area contributed by atoms with Crippen LogP contribution in [0, 0.1) is 5.82 Å². The molecule has 0 fully saturated rings. The third-order valence-electron chi connectivity index (χ3n) is 1.51. The van der Waals surface area contributed by atoms with Crippen molar-refractivity contribution in [1.82, 2.24) is 0 Å². The van der Waals surface area contributed by atoms with Crippen LogP contribution in [0.25, 0.3) is 0 Å². The first-order valence-electron chi connectivity index (χ1n) is 3.89. The Hall–Kier alpha value is -1.84. The number of ether oxygens (including phenoxy) is 1. The Balaban J connectivity index is 2.54. The summed E-state index contributed by atoms with van der Waals surface area (Å²) in [4.78, 5) is 10.3. The largest absolute Gasteiger partial charge is 0.489 e. The molecule has 0 aliphatic rings. The molecule has 0 atom stereocenters. The van der Waals surface area contributed by atoms with E-state index in [-0.39, 0.29) is 17.9 Å². The average molecular weight is 196 g/mol. The van der Waals surface area contributed by atoms with E-state index in [1.165, 1.54) is 24.3 Å². The molecule has 1 aromatic rings. The van der Waals surface area contributed by atoms with E-state index in [1.54, 1.807) is 0 Å². The van der Waals surface area contributed by atoms with Gasteiger partial charge in [0, 0.05) is 6.07 Å². The van der Waals surface area contributed by atoms with Crippen LogP contribution in [0.1, 0.15) is 0 Å². The highest BCUT2D eigenvalue weighted by Gasteiger charge is 2.04. The normalized spacial score (nSPS) is 9.50. The smallest absolute Gasteiger partial charge is 0.334 e. The van der Waals surface area contributed by atoms with Crippen LogP contribution in [0.3, 0.4) is 0 Å². The molecule has 0 heterocycles. The minimum Gasteiger partial charge on any atom is -0.489 e. The van der Waals surface area contributed by atoms with Crippen LogP contribution < -0.4 is 4.74 Å². The standard InChI is InChI=1S/C10H9FO3/c1-7(10(12)13)6-14-9-4-2-3-8(11)5-9/h2-5H,1,6H2,(H,12,13). The number of rotatable bonds is 4. The highest BCUT2D eigenvalue weighted by molar-refractivity contribution is 5.86. The Morgan fingerprint density at radius 3 is 2.86 bits per heavy atom. The van der Waals surface area contributed by atoms with Crippen molar-refractivity contribution in [2.75, 3.05) is 6.61 Å². The second-order valence-corrected chi connectivity index (χ2v) is 2.65. The van der Waals surface area contributed by atoms with Gasteiger partial charge in [-0.1, -0.05) is 12.6 Å². The monoisotopic (exact) mass is 196 g/mol. The number of hydrogen-bond acceptors (Lipinski definition) is 2. The molecule has 0 aromatic heterocycles. The molecule has 0 bridgehead atoms. The third kappa shape index (κ3) is 2.90. The number of halogens is 1. The second kappa shape index (κ2) is 4.41. The zero-order valence-electron chi connectivity index (χ0n) is 7.37. The summed E-state index contributed by atoms with van der Waals surface area (Å²) in [6, 6.07) is 5.47. The van der Waals surface area contributed by atoms with E-state index in [0.29, 0.717) is 0 Å². The molecule has 0 spiro atoms. The Labute approximate surface area is 80.4 Å². The van der Waals surface area contributed by atoms with Crippen molar-refractivity contribution in [3.63, 3.8) is 0 Å². The fourth-order valence-corrected chi connectivity index (χ4v) is 0.789. The van der Waals surface area contributed by atoms with Gasteiger partial charge in [-0.3, -0.25) is 0 Å². The van der Waals surface area contributed by atoms with Crippen molar-refractivity contribution < 1.29 is 19.0 Å². The lowest BCUT2D eigenvalue weighted by molar-refractivity contribution is -0.133. The van der Waals surface area contributed by atoms with Gasteiger partial charge in [-0.15, -0.1) is 0 Å². The predicted octanol–water partition coefficient (Wildman–Crippen LogP) is 1.85. The summed E-state index contributed by atoms with van der Waals surface area (Å²) in [6.07, 6.45) is 0. The number of benzene rings is 1. The van der Waals surface area contributed by atoms with Crippen LogP contribution in [-0.4, -0.2) is 17.7 Å². The lowest BCUT2D eigenvalue weighted by Gasteiger charge is -2.05. The van der Waals surface area contributed by atoms with Gasteiger partial charge in [-0.25, -0.2) is 9.18 Å². The number of carboxylic acid groups (broad SMARTS) is 1. The van der Waals surface area contributed by atoms with Crippen molar-refractivity contribution in [2.24, 2.45) is 0 Å². The van der Waals surface area contributed by atoms with Crippen molar-refractivity contribution >= 4 is 5.97 Å². The van der Waals surface area contributed by atoms with Gasteiger partial charge in [0.1, 0.15) is 18.2 Å². The maximum absolute atomic E-state index is 12.6. The number of carbonyl (C=O) groups is 1. The lowest BCUT2D eigenvalue weighted by atomic mass is 10.3. The summed E-state index contributed by atoms with van der Waals surface area (Å²) >= 11 is 0. The summed E-state index contributed by atoms with van der Waals surface area (Å²) in [5, 5.41) is 8.46. The molecule has 1 aromatic carbocycles. The summed E-state index contributed by atoms with van der Waals surface area (Å²) in [5.41, 5.74) is -0.0748. The molecule has 1 N–H and O–H groups in total. The predicted molar refractivity (Wildman–Crippen MR) is 48.7 cm³/mol. The molecule has 4 heteroatoms. The molecule has 1 rings (SSSR count). The molecular weight excluding hydrogens is 187 g/mol. The van der Waals surface area contributed by atoms with Crippen LogP contribution in [0.5, 0.6) is 5.75 Å². The second-order valence-electron chi connectivity index (χ2n) is 2.65. The average Bonchev–Trinajstić information content (AvgIpc) is 2.14. The van der Waals surface area contributed by atoms with E-state index in [9.17, 15) is 9.18 Å². The van der Waals surface area contributed by atoms with Crippen LogP contribution in [0.15, 0.2) is 36.4 Å². The van der Waals surface area contributed by atoms with Gasteiger partial charge in [-0.2, -0.15) is 0 Å². The fraction of sp³-hybridized carbons (Fsp3) is 0.100. The Bertz CT molecular complexity index is 360. The molecule has 0 aliphatic heterocycles. The molecule has 14 heavy (non-hydrogen) atoms. The Morgan fingerprint density at radius 2 is 2.29 bits per heavy atom. The van der Waals surface area contributed by atoms with Gasteiger partial charge in [0.25, 0.3) is 0 Å². The molecule has 0 radical (unpaired) electrons. The highest BCUT2D eigenvalue weighted by atomic mass is 19.1. The van der Waals surface area contributed by atoms with Gasteiger partial charge in [0.15, 0.2) is 0 Å². The van der Waals surface area contributed by atoms with E-state index in [0.717, 1.165) is 0 Å². The van der Waals surface area contributed by atoms with E-state index in [1.807, 2.05) is 0 Å².